The van der Waals surface area contributed by atoms with Crippen molar-refractivity contribution in [2.45, 2.75) is 37.4 Å². The lowest BCUT2D eigenvalue weighted by Crippen LogP contribution is -2.57. The molecular formula is C16H24N6O7S. The lowest BCUT2D eigenvalue weighted by molar-refractivity contribution is -0.140. The van der Waals surface area contributed by atoms with E-state index >= 15 is 0 Å². The third-order valence-electron chi connectivity index (χ3n) is 3.84. The number of carboxylic acids is 2. The van der Waals surface area contributed by atoms with Gasteiger partial charge in [0.1, 0.15) is 18.6 Å². The highest BCUT2D eigenvalue weighted by atomic mass is 32.1. The molecule has 0 aliphatic heterocycles. The number of H-pyrrole nitrogens is 1. The Morgan fingerprint density at radius 3 is 2.27 bits per heavy atom. The molecule has 0 bridgehead atoms. The van der Waals surface area contributed by atoms with Crippen molar-refractivity contribution in [2.24, 2.45) is 5.73 Å². The van der Waals surface area contributed by atoms with E-state index in [2.05, 4.69) is 38.5 Å². The molecule has 0 saturated heterocycles. The summed E-state index contributed by atoms with van der Waals surface area (Å²) < 4.78 is 0. The molecule has 3 unspecified atom stereocenters. The van der Waals surface area contributed by atoms with Crippen molar-refractivity contribution in [3.63, 3.8) is 0 Å². The molecule has 0 radical (unpaired) electrons. The van der Waals surface area contributed by atoms with Crippen LogP contribution in [-0.4, -0.2) is 80.3 Å². The molecule has 0 fully saturated rings. The van der Waals surface area contributed by atoms with Crippen LogP contribution in [-0.2, 0) is 30.4 Å². The van der Waals surface area contributed by atoms with Gasteiger partial charge in [0.05, 0.1) is 12.4 Å². The number of carboxylic acid groups (broad SMARTS) is 2. The maximum absolute atomic E-state index is 12.7. The van der Waals surface area contributed by atoms with E-state index in [4.69, 9.17) is 15.9 Å². The summed E-state index contributed by atoms with van der Waals surface area (Å²) in [4.78, 5) is 65.2. The zero-order valence-electron chi connectivity index (χ0n) is 15.8. The van der Waals surface area contributed by atoms with Crippen LogP contribution in [0.4, 0.5) is 0 Å². The van der Waals surface area contributed by atoms with Gasteiger partial charge in [-0.25, -0.2) is 4.98 Å². The van der Waals surface area contributed by atoms with Crippen molar-refractivity contribution in [1.29, 1.82) is 0 Å². The van der Waals surface area contributed by atoms with E-state index in [-0.39, 0.29) is 18.6 Å². The van der Waals surface area contributed by atoms with E-state index in [1.807, 2.05) is 0 Å². The van der Waals surface area contributed by atoms with E-state index in [0.29, 0.717) is 5.69 Å². The average Bonchev–Trinajstić information content (AvgIpc) is 3.20. The van der Waals surface area contributed by atoms with Crippen molar-refractivity contribution in [1.82, 2.24) is 25.9 Å². The number of hydrogen-bond acceptors (Lipinski definition) is 8. The summed E-state index contributed by atoms with van der Waals surface area (Å²) in [6.07, 6.45) is 2.06. The third-order valence-corrected chi connectivity index (χ3v) is 4.23. The number of hydrogen-bond donors (Lipinski definition) is 8. The predicted molar refractivity (Wildman–Crippen MR) is 105 cm³/mol. The standard InChI is InChI=1S/C16H24N6O7S/c17-9(6-30)14(27)22-11(3-8-4-18-7-20-8)16(29)21-10(1-2-12(23)24)15(28)19-5-13(25)26/h4,7,9-11,30H,1-3,5-6,17H2,(H,18,20)(H,19,28)(H,21,29)(H,22,27)(H,23,24)(H,25,26). The molecule has 30 heavy (non-hydrogen) atoms. The Morgan fingerprint density at radius 2 is 1.73 bits per heavy atom. The number of aromatic amines is 1. The molecule has 8 N–H and O–H groups in total. The van der Waals surface area contributed by atoms with Gasteiger partial charge in [-0.3, -0.25) is 24.0 Å². The summed E-state index contributed by atoms with van der Waals surface area (Å²) in [7, 11) is 0. The normalized spacial score (nSPS) is 13.5. The Bertz CT molecular complexity index is 757. The molecule has 3 amide bonds. The molecule has 13 nitrogen and oxygen atoms in total. The maximum atomic E-state index is 12.7. The SMILES string of the molecule is NC(CS)C(=O)NC(Cc1cnc[nH]1)C(=O)NC(CCC(=O)O)C(=O)NCC(=O)O. The Morgan fingerprint density at radius 1 is 1.07 bits per heavy atom. The number of imidazole rings is 1. The molecular weight excluding hydrogens is 420 g/mol. The summed E-state index contributed by atoms with van der Waals surface area (Å²) in [5.41, 5.74) is 6.12. The summed E-state index contributed by atoms with van der Waals surface area (Å²) >= 11 is 3.93. The highest BCUT2D eigenvalue weighted by molar-refractivity contribution is 7.80. The lowest BCUT2D eigenvalue weighted by atomic mass is 10.1. The lowest BCUT2D eigenvalue weighted by Gasteiger charge is -2.23. The van der Waals surface area contributed by atoms with Gasteiger partial charge in [0, 0.05) is 30.5 Å². The number of nitrogens with zero attached hydrogens (tertiary/aromatic N) is 1. The van der Waals surface area contributed by atoms with Gasteiger partial charge in [-0.1, -0.05) is 0 Å². The molecule has 1 rings (SSSR count). The second-order valence-corrected chi connectivity index (χ2v) is 6.60. The van der Waals surface area contributed by atoms with Crippen LogP contribution in [0.3, 0.4) is 0 Å². The second-order valence-electron chi connectivity index (χ2n) is 6.24. The zero-order valence-corrected chi connectivity index (χ0v) is 16.7. The van der Waals surface area contributed by atoms with Gasteiger partial charge in [0.2, 0.25) is 17.7 Å². The zero-order chi connectivity index (χ0) is 22.7. The Labute approximate surface area is 176 Å². The van der Waals surface area contributed by atoms with Gasteiger partial charge in [0.15, 0.2) is 0 Å². The quantitative estimate of drug-likeness (QED) is 0.148. The first-order valence-corrected chi connectivity index (χ1v) is 9.43. The van der Waals surface area contributed by atoms with Crippen molar-refractivity contribution < 1.29 is 34.2 Å². The van der Waals surface area contributed by atoms with Gasteiger partial charge >= 0.3 is 11.9 Å². The van der Waals surface area contributed by atoms with E-state index in [9.17, 15) is 24.0 Å². The molecule has 1 heterocycles. The largest absolute Gasteiger partial charge is 0.481 e. The van der Waals surface area contributed by atoms with Crippen molar-refractivity contribution in [3.05, 3.63) is 18.2 Å². The van der Waals surface area contributed by atoms with Gasteiger partial charge in [-0.05, 0) is 6.42 Å². The fourth-order valence-electron chi connectivity index (χ4n) is 2.28. The number of rotatable bonds is 13. The average molecular weight is 444 g/mol. The predicted octanol–water partition coefficient (Wildman–Crippen LogP) is -2.76. The third kappa shape index (κ3) is 8.91. The van der Waals surface area contributed by atoms with Gasteiger partial charge in [-0.2, -0.15) is 12.6 Å². The van der Waals surface area contributed by atoms with Crippen molar-refractivity contribution in [2.75, 3.05) is 12.3 Å². The molecule has 1 aromatic rings. The molecule has 166 valence electrons. The summed E-state index contributed by atoms with van der Waals surface area (Å²) in [6, 6.07) is -3.47. The van der Waals surface area contributed by atoms with Crippen LogP contribution in [0.5, 0.6) is 0 Å². The number of thiol groups is 1. The minimum absolute atomic E-state index is 0.0146. The van der Waals surface area contributed by atoms with E-state index in [1.165, 1.54) is 12.5 Å². The number of aliphatic carboxylic acids is 2. The van der Waals surface area contributed by atoms with Crippen LogP contribution in [0.1, 0.15) is 18.5 Å². The van der Waals surface area contributed by atoms with E-state index in [1.54, 1.807) is 0 Å². The topological polar surface area (TPSA) is 217 Å². The Hall–Kier alpha value is -3.13. The second kappa shape index (κ2) is 12.4. The first kappa shape index (κ1) is 24.9. The highest BCUT2D eigenvalue weighted by Gasteiger charge is 2.29. The van der Waals surface area contributed by atoms with Gasteiger partial charge < -0.3 is 36.9 Å². The summed E-state index contributed by atoms with van der Waals surface area (Å²) in [5, 5.41) is 24.4. The van der Waals surface area contributed by atoms with Crippen LogP contribution in [0.2, 0.25) is 0 Å². The van der Waals surface area contributed by atoms with Crippen LogP contribution >= 0.6 is 12.6 Å². The van der Waals surface area contributed by atoms with E-state index in [0.717, 1.165) is 0 Å². The number of amides is 3. The molecule has 0 aliphatic carbocycles. The minimum Gasteiger partial charge on any atom is -0.481 e. The van der Waals surface area contributed by atoms with Crippen LogP contribution in [0.15, 0.2) is 12.5 Å². The molecule has 1 aromatic heterocycles. The number of nitrogens with one attached hydrogen (secondary N) is 4. The smallest absolute Gasteiger partial charge is 0.322 e. The maximum Gasteiger partial charge on any atom is 0.322 e. The number of nitrogens with two attached hydrogens (primary N) is 1. The summed E-state index contributed by atoms with van der Waals surface area (Å²) in [6.45, 7) is -0.705. The van der Waals surface area contributed by atoms with E-state index < -0.39 is 60.8 Å². The monoisotopic (exact) mass is 444 g/mol. The van der Waals surface area contributed by atoms with Gasteiger partial charge in [0.25, 0.3) is 0 Å². The molecule has 3 atom stereocenters. The fourth-order valence-corrected chi connectivity index (χ4v) is 2.45. The number of carbonyl (C=O) groups excluding carboxylic acids is 3. The molecule has 14 heteroatoms. The highest BCUT2D eigenvalue weighted by Crippen LogP contribution is 2.04. The molecule has 0 aromatic carbocycles. The Balaban J connectivity index is 2.94. The Kier molecular flexibility index (Phi) is 10.3. The van der Waals surface area contributed by atoms with Crippen LogP contribution < -0.4 is 21.7 Å². The van der Waals surface area contributed by atoms with Crippen LogP contribution in [0.25, 0.3) is 0 Å². The van der Waals surface area contributed by atoms with Crippen LogP contribution in [0, 0.1) is 0 Å². The number of carbonyl (C=O) groups is 5. The molecule has 0 spiro atoms. The van der Waals surface area contributed by atoms with Gasteiger partial charge in [-0.15, -0.1) is 0 Å². The first-order valence-electron chi connectivity index (χ1n) is 8.79. The fraction of sp³-hybridized carbons (Fsp3) is 0.500. The molecule has 0 saturated carbocycles. The summed E-state index contributed by atoms with van der Waals surface area (Å²) in [5.74, 6) is -4.79. The molecule has 0 aliphatic rings. The first-order chi connectivity index (χ1) is 14.1. The minimum atomic E-state index is -1.33. The van der Waals surface area contributed by atoms with Crippen molar-refractivity contribution >= 4 is 42.3 Å². The number of aromatic nitrogens is 2. The van der Waals surface area contributed by atoms with Crippen molar-refractivity contribution in [3.8, 4) is 0 Å².